The Morgan fingerprint density at radius 3 is 2.79 bits per heavy atom. The van der Waals surface area contributed by atoms with Crippen LogP contribution in [0.15, 0.2) is 41.4 Å². The topological polar surface area (TPSA) is 43.8 Å². The fraction of sp³-hybridized carbons (Fsp3) is 0.455. The summed E-state index contributed by atoms with van der Waals surface area (Å²) in [6.45, 7) is 3.56. The second-order valence-electron chi connectivity index (χ2n) is 7.49. The Bertz CT molecular complexity index is 844. The summed E-state index contributed by atoms with van der Waals surface area (Å²) < 4.78 is 0. The van der Waals surface area contributed by atoms with Gasteiger partial charge in [0.05, 0.1) is 12.2 Å². The molecule has 0 unspecified atom stereocenters. The monoisotopic (exact) mass is 523 g/mol. The fourth-order valence-electron chi connectivity index (χ4n) is 3.87. The SMILES string of the molecule is CN=C(NCc1cccc(N2CC=CC2)c1)N(C)Cc1nc2c(s1)CCCC2.I. The predicted octanol–water partition coefficient (Wildman–Crippen LogP) is 4.22. The van der Waals surface area contributed by atoms with Gasteiger partial charge in [-0.1, -0.05) is 24.3 Å². The second kappa shape index (κ2) is 10.4. The lowest BCUT2D eigenvalue weighted by Gasteiger charge is -2.22. The highest BCUT2D eigenvalue weighted by Gasteiger charge is 2.17. The standard InChI is InChI=1S/C22H29N5S.HI/c1-23-22(26(2)16-21-25-19-10-3-4-11-20(19)28-21)24-15-17-8-7-9-18(14-17)27-12-5-6-13-27;/h5-9,14H,3-4,10-13,15-16H2,1-2H3,(H,23,24);1H. The number of rotatable bonds is 5. The first-order chi connectivity index (χ1) is 13.7. The van der Waals surface area contributed by atoms with Crippen molar-refractivity contribution in [2.45, 2.75) is 38.8 Å². The largest absolute Gasteiger partial charge is 0.364 e. The van der Waals surface area contributed by atoms with Gasteiger partial charge in [-0.25, -0.2) is 4.98 Å². The van der Waals surface area contributed by atoms with Crippen LogP contribution in [0.2, 0.25) is 0 Å². The quantitative estimate of drug-likeness (QED) is 0.276. The second-order valence-corrected chi connectivity index (χ2v) is 8.66. The highest BCUT2D eigenvalue weighted by atomic mass is 127. The molecule has 2 heterocycles. The average Bonchev–Trinajstić information content (AvgIpc) is 3.38. The van der Waals surface area contributed by atoms with Crippen molar-refractivity contribution in [3.63, 3.8) is 0 Å². The molecule has 2 aliphatic rings. The van der Waals surface area contributed by atoms with Crippen LogP contribution in [0.4, 0.5) is 5.69 Å². The van der Waals surface area contributed by atoms with Crippen LogP contribution in [0.25, 0.3) is 0 Å². The Kier molecular flexibility index (Phi) is 7.94. The lowest BCUT2D eigenvalue weighted by molar-refractivity contribution is 0.474. The van der Waals surface area contributed by atoms with Crippen LogP contribution in [0.1, 0.15) is 34.0 Å². The number of aryl methyl sites for hydroxylation is 2. The third kappa shape index (κ3) is 5.51. The van der Waals surface area contributed by atoms with Crippen molar-refractivity contribution < 1.29 is 0 Å². The van der Waals surface area contributed by atoms with Gasteiger partial charge in [0.15, 0.2) is 5.96 Å². The smallest absolute Gasteiger partial charge is 0.194 e. The van der Waals surface area contributed by atoms with Gasteiger partial charge in [0.1, 0.15) is 5.01 Å². The molecule has 5 nitrogen and oxygen atoms in total. The van der Waals surface area contributed by atoms with Crippen molar-refractivity contribution >= 4 is 47.0 Å². The molecule has 0 radical (unpaired) electrons. The van der Waals surface area contributed by atoms with E-state index in [0.717, 1.165) is 38.6 Å². The Hall–Kier alpha value is -1.61. The third-order valence-electron chi connectivity index (χ3n) is 5.38. The van der Waals surface area contributed by atoms with Gasteiger partial charge in [-0.15, -0.1) is 35.3 Å². The summed E-state index contributed by atoms with van der Waals surface area (Å²) in [5.41, 5.74) is 3.88. The van der Waals surface area contributed by atoms with Crippen LogP contribution in [-0.2, 0) is 25.9 Å². The fourth-order valence-corrected chi connectivity index (χ4v) is 5.08. The molecule has 0 amide bonds. The lowest BCUT2D eigenvalue weighted by atomic mass is 10.0. The van der Waals surface area contributed by atoms with Gasteiger partial charge in [0.2, 0.25) is 0 Å². The average molecular weight is 523 g/mol. The summed E-state index contributed by atoms with van der Waals surface area (Å²) in [6, 6.07) is 8.75. The van der Waals surface area contributed by atoms with Crippen LogP contribution >= 0.6 is 35.3 Å². The molecule has 4 rings (SSSR count). The number of halogens is 1. The number of hydrogen-bond donors (Lipinski definition) is 1. The Morgan fingerprint density at radius 1 is 1.24 bits per heavy atom. The summed E-state index contributed by atoms with van der Waals surface area (Å²) in [6.07, 6.45) is 9.37. The first kappa shape index (κ1) is 22.1. The van der Waals surface area contributed by atoms with Crippen molar-refractivity contribution in [1.82, 2.24) is 15.2 Å². The Balaban J connectivity index is 0.00000240. The van der Waals surface area contributed by atoms with Gasteiger partial charge in [-0.2, -0.15) is 0 Å². The summed E-state index contributed by atoms with van der Waals surface area (Å²) in [5, 5.41) is 4.70. The number of benzene rings is 1. The molecular formula is C22H30IN5S. The summed E-state index contributed by atoms with van der Waals surface area (Å²) >= 11 is 1.88. The molecule has 1 aromatic carbocycles. The van der Waals surface area contributed by atoms with E-state index in [1.54, 1.807) is 0 Å². The maximum Gasteiger partial charge on any atom is 0.194 e. The molecule has 7 heteroatoms. The van der Waals surface area contributed by atoms with Gasteiger partial charge in [-0.3, -0.25) is 4.99 Å². The molecular weight excluding hydrogens is 493 g/mol. The molecule has 1 aliphatic heterocycles. The van der Waals surface area contributed by atoms with E-state index in [1.807, 2.05) is 18.4 Å². The maximum atomic E-state index is 4.86. The van der Waals surface area contributed by atoms with Crippen molar-refractivity contribution in [3.05, 3.63) is 57.6 Å². The number of hydrogen-bond acceptors (Lipinski definition) is 4. The van der Waals surface area contributed by atoms with Crippen molar-refractivity contribution in [3.8, 4) is 0 Å². The van der Waals surface area contributed by atoms with Crippen LogP contribution in [0, 0.1) is 0 Å². The van der Waals surface area contributed by atoms with E-state index < -0.39 is 0 Å². The molecule has 0 spiro atoms. The molecule has 2 aromatic rings. The molecule has 29 heavy (non-hydrogen) atoms. The molecule has 0 fully saturated rings. The van der Waals surface area contributed by atoms with E-state index in [4.69, 9.17) is 4.98 Å². The minimum absolute atomic E-state index is 0. The zero-order valence-electron chi connectivity index (χ0n) is 17.2. The molecule has 1 aromatic heterocycles. The molecule has 156 valence electrons. The van der Waals surface area contributed by atoms with E-state index in [9.17, 15) is 0 Å². The van der Waals surface area contributed by atoms with Crippen molar-refractivity contribution in [1.29, 1.82) is 0 Å². The number of anilines is 1. The molecule has 0 bridgehead atoms. The molecule has 0 saturated carbocycles. The number of aliphatic imine (C=N–C) groups is 1. The molecule has 1 aliphatic carbocycles. The Morgan fingerprint density at radius 2 is 2.03 bits per heavy atom. The predicted molar refractivity (Wildman–Crippen MR) is 134 cm³/mol. The number of thiazole rings is 1. The van der Waals surface area contributed by atoms with Crippen molar-refractivity contribution in [2.75, 3.05) is 32.1 Å². The summed E-state index contributed by atoms with van der Waals surface area (Å²) in [5.74, 6) is 0.904. The van der Waals surface area contributed by atoms with Gasteiger partial charge < -0.3 is 15.1 Å². The number of aromatic nitrogens is 1. The van der Waals surface area contributed by atoms with Gasteiger partial charge in [-0.05, 0) is 43.4 Å². The highest BCUT2D eigenvalue weighted by Crippen LogP contribution is 2.27. The number of guanidine groups is 1. The van der Waals surface area contributed by atoms with Crippen LogP contribution in [0.3, 0.4) is 0 Å². The zero-order valence-corrected chi connectivity index (χ0v) is 20.4. The third-order valence-corrected chi connectivity index (χ3v) is 6.52. The summed E-state index contributed by atoms with van der Waals surface area (Å²) in [7, 11) is 3.93. The van der Waals surface area contributed by atoms with Gasteiger partial charge in [0.25, 0.3) is 0 Å². The molecule has 0 saturated heterocycles. The number of nitrogens with one attached hydrogen (secondary N) is 1. The van der Waals surface area contributed by atoms with Crippen LogP contribution in [-0.4, -0.2) is 43.0 Å². The number of fused-ring (bicyclic) bond motifs is 1. The van der Waals surface area contributed by atoms with Crippen LogP contribution in [0.5, 0.6) is 0 Å². The van der Waals surface area contributed by atoms with E-state index >= 15 is 0 Å². The van der Waals surface area contributed by atoms with E-state index in [2.05, 4.69) is 63.6 Å². The minimum Gasteiger partial charge on any atom is -0.364 e. The summed E-state index contributed by atoms with van der Waals surface area (Å²) in [4.78, 5) is 15.4. The molecule has 1 N–H and O–H groups in total. The Labute approximate surface area is 195 Å². The van der Waals surface area contributed by atoms with Gasteiger partial charge >= 0.3 is 0 Å². The first-order valence-electron chi connectivity index (χ1n) is 10.1. The van der Waals surface area contributed by atoms with Crippen molar-refractivity contribution in [2.24, 2.45) is 4.99 Å². The van der Waals surface area contributed by atoms with E-state index in [1.165, 1.54) is 46.1 Å². The normalized spacial score (nSPS) is 15.8. The maximum absolute atomic E-state index is 4.86. The zero-order chi connectivity index (χ0) is 19.3. The van der Waals surface area contributed by atoms with Gasteiger partial charge in [0, 0.05) is 44.3 Å². The minimum atomic E-state index is 0. The van der Waals surface area contributed by atoms with Crippen LogP contribution < -0.4 is 10.2 Å². The first-order valence-corrected chi connectivity index (χ1v) is 10.9. The molecule has 0 atom stereocenters. The van der Waals surface area contributed by atoms with E-state index in [-0.39, 0.29) is 24.0 Å². The number of nitrogens with zero attached hydrogens (tertiary/aromatic N) is 4. The lowest BCUT2D eigenvalue weighted by Crippen LogP contribution is -2.38. The van der Waals surface area contributed by atoms with E-state index in [0.29, 0.717) is 0 Å². The highest BCUT2D eigenvalue weighted by molar-refractivity contribution is 14.0.